The van der Waals surface area contributed by atoms with Gasteiger partial charge in [0, 0.05) is 12.8 Å². The summed E-state index contributed by atoms with van der Waals surface area (Å²) in [7, 11) is 0. The lowest BCUT2D eigenvalue weighted by Crippen LogP contribution is -2.61. The molecular weight excluding hydrogens is 688 g/mol. The van der Waals surface area contributed by atoms with Crippen molar-refractivity contribution in [1.29, 1.82) is 0 Å². The van der Waals surface area contributed by atoms with Crippen LogP contribution in [-0.2, 0) is 38.4 Å². The highest BCUT2D eigenvalue weighted by Crippen LogP contribution is 2.09. The monoisotopic (exact) mass is 746 g/mol. The highest BCUT2D eigenvalue weighted by atomic mass is 16.4. The van der Waals surface area contributed by atoms with Crippen LogP contribution < -0.4 is 43.8 Å². The Bertz CT molecular complexity index is 1190. The molecule has 0 aliphatic carbocycles. The van der Waals surface area contributed by atoms with Crippen LogP contribution in [0.4, 0.5) is 0 Å². The molecule has 0 saturated heterocycles. The highest BCUT2D eigenvalue weighted by molar-refractivity contribution is 5.96. The molecule has 52 heavy (non-hydrogen) atoms. The summed E-state index contributed by atoms with van der Waals surface area (Å²) in [6, 6.07) is -8.48. The zero-order valence-corrected chi connectivity index (χ0v) is 29.9. The molecule has 0 bridgehead atoms. The van der Waals surface area contributed by atoms with Crippen LogP contribution in [0, 0.1) is 0 Å². The molecule has 5 amide bonds. The molecule has 298 valence electrons. The number of aliphatic hydroxyl groups is 1. The Morgan fingerprint density at radius 2 is 0.942 bits per heavy atom. The van der Waals surface area contributed by atoms with Gasteiger partial charge in [-0.25, -0.2) is 4.79 Å². The fraction of sp³-hybridized carbons (Fsp3) is 0.750. The van der Waals surface area contributed by atoms with E-state index in [-0.39, 0.29) is 12.8 Å². The van der Waals surface area contributed by atoms with Crippen LogP contribution in [0.2, 0.25) is 0 Å². The minimum Gasteiger partial charge on any atom is -0.481 e. The maximum atomic E-state index is 13.5. The molecule has 0 rings (SSSR count). The van der Waals surface area contributed by atoms with E-state index in [0.29, 0.717) is 58.0 Å². The maximum Gasteiger partial charge on any atom is 0.326 e. The Morgan fingerprint density at radius 3 is 1.38 bits per heavy atom. The van der Waals surface area contributed by atoms with Crippen LogP contribution in [0.15, 0.2) is 0 Å². The molecule has 0 unspecified atom stereocenters. The SMILES string of the molecule is CCCC[C@H](NC(=O)[C@H](CCC(=O)O)NC(=O)[C@@H](NC(=O)[C@H](CCC(=O)O)NC(=O)[C@H](CCCCN)NC(=O)[C@@H](N)CCCCN)[C@@H](C)O)C(=O)O. The number of unbranched alkanes of at least 4 members (excludes halogenated alkanes) is 3. The number of hydrogen-bond acceptors (Lipinski definition) is 12. The molecule has 0 aliphatic rings. The van der Waals surface area contributed by atoms with E-state index >= 15 is 0 Å². The lowest BCUT2D eigenvalue weighted by Gasteiger charge is -2.28. The lowest BCUT2D eigenvalue weighted by molar-refractivity contribution is -0.143. The number of rotatable bonds is 29. The third kappa shape index (κ3) is 19.8. The number of amides is 5. The summed E-state index contributed by atoms with van der Waals surface area (Å²) in [5.74, 6) is -8.75. The summed E-state index contributed by atoms with van der Waals surface area (Å²) >= 11 is 0. The lowest BCUT2D eigenvalue weighted by atomic mass is 10.0. The first-order valence-corrected chi connectivity index (χ1v) is 17.5. The van der Waals surface area contributed by atoms with Gasteiger partial charge in [0.15, 0.2) is 0 Å². The van der Waals surface area contributed by atoms with Crippen LogP contribution in [0.1, 0.15) is 97.3 Å². The van der Waals surface area contributed by atoms with Crippen molar-refractivity contribution in [3.05, 3.63) is 0 Å². The summed E-state index contributed by atoms with van der Waals surface area (Å²) in [5.41, 5.74) is 17.0. The second-order valence-electron chi connectivity index (χ2n) is 12.5. The third-order valence-corrected chi connectivity index (χ3v) is 7.97. The Hall–Kier alpha value is -4.40. The Morgan fingerprint density at radius 1 is 0.538 bits per heavy atom. The number of nitrogens with one attached hydrogen (secondary N) is 5. The Balaban J connectivity index is 6.13. The second-order valence-corrected chi connectivity index (χ2v) is 12.5. The molecule has 0 aliphatic heterocycles. The van der Waals surface area contributed by atoms with Gasteiger partial charge in [0.05, 0.1) is 12.1 Å². The average molecular weight is 747 g/mol. The van der Waals surface area contributed by atoms with Crippen LogP contribution in [0.5, 0.6) is 0 Å². The van der Waals surface area contributed by atoms with Crippen molar-refractivity contribution in [3.8, 4) is 0 Å². The Labute approximate surface area is 302 Å². The number of aliphatic carboxylic acids is 3. The van der Waals surface area contributed by atoms with Crippen molar-refractivity contribution in [2.45, 2.75) is 140 Å². The number of aliphatic hydroxyl groups excluding tert-OH is 1. The third-order valence-electron chi connectivity index (χ3n) is 7.97. The molecule has 0 radical (unpaired) electrons. The van der Waals surface area contributed by atoms with Crippen molar-refractivity contribution in [2.75, 3.05) is 13.1 Å². The number of hydrogen-bond donors (Lipinski definition) is 12. The van der Waals surface area contributed by atoms with E-state index in [4.69, 9.17) is 17.2 Å². The number of carboxylic acid groups (broad SMARTS) is 3. The van der Waals surface area contributed by atoms with Gasteiger partial charge < -0.3 is 64.2 Å². The van der Waals surface area contributed by atoms with Gasteiger partial charge in [-0.05, 0) is 71.4 Å². The standard InChI is InChI=1S/C32H58N8O12/c1-3-4-10-23(32(51)52)39-29(48)21(12-14-24(42)43)38-31(50)26(18(2)41)40-30(49)22(13-15-25(44)45)37-28(47)20(11-6-8-17-34)36-27(46)19(35)9-5-7-16-33/h18-23,26,41H,3-17,33-35H2,1-2H3,(H,36,46)(H,37,47)(H,38,50)(H,39,48)(H,40,49)(H,42,43)(H,44,45)(H,51,52)/t18-,19+,20+,21+,22+,23+,26+/m1/s1. The molecule has 0 fully saturated rings. The predicted molar refractivity (Wildman–Crippen MR) is 186 cm³/mol. The van der Waals surface area contributed by atoms with E-state index in [2.05, 4.69) is 26.6 Å². The van der Waals surface area contributed by atoms with Gasteiger partial charge in [-0.1, -0.05) is 26.2 Å². The summed E-state index contributed by atoms with van der Waals surface area (Å²) in [5, 5.41) is 50.1. The van der Waals surface area contributed by atoms with E-state index in [1.54, 1.807) is 6.92 Å². The maximum absolute atomic E-state index is 13.5. The number of carbonyl (C=O) groups excluding carboxylic acids is 5. The van der Waals surface area contributed by atoms with E-state index < -0.39 is 115 Å². The van der Waals surface area contributed by atoms with Crippen molar-refractivity contribution in [1.82, 2.24) is 26.6 Å². The fourth-order valence-corrected chi connectivity index (χ4v) is 4.88. The van der Waals surface area contributed by atoms with Gasteiger partial charge in [0.25, 0.3) is 0 Å². The van der Waals surface area contributed by atoms with Crippen LogP contribution in [-0.4, -0.2) is 123 Å². The smallest absolute Gasteiger partial charge is 0.326 e. The Kier molecular flexibility index (Phi) is 24.2. The molecule has 0 saturated carbocycles. The minimum atomic E-state index is -1.81. The molecule has 20 heteroatoms. The highest BCUT2D eigenvalue weighted by Gasteiger charge is 2.35. The molecule has 20 nitrogen and oxygen atoms in total. The molecule has 0 spiro atoms. The normalized spacial score (nSPS) is 15.0. The van der Waals surface area contributed by atoms with Gasteiger partial charge in [-0.2, -0.15) is 0 Å². The fourth-order valence-electron chi connectivity index (χ4n) is 4.88. The molecule has 7 atom stereocenters. The van der Waals surface area contributed by atoms with E-state index in [1.807, 2.05) is 0 Å². The van der Waals surface area contributed by atoms with Crippen LogP contribution >= 0.6 is 0 Å². The quantitative estimate of drug-likeness (QED) is 0.0349. The molecular formula is C32H58N8O12. The summed E-state index contributed by atoms with van der Waals surface area (Å²) in [4.78, 5) is 100. The first kappa shape index (κ1) is 47.6. The number of carboxylic acids is 3. The molecule has 0 heterocycles. The van der Waals surface area contributed by atoms with Crippen molar-refractivity contribution >= 4 is 47.4 Å². The van der Waals surface area contributed by atoms with Gasteiger partial charge in [0.1, 0.15) is 30.2 Å². The zero-order chi connectivity index (χ0) is 39.8. The zero-order valence-electron chi connectivity index (χ0n) is 29.9. The van der Waals surface area contributed by atoms with Gasteiger partial charge in [-0.15, -0.1) is 0 Å². The first-order valence-electron chi connectivity index (χ1n) is 17.5. The minimum absolute atomic E-state index is 0.0616. The van der Waals surface area contributed by atoms with Crippen molar-refractivity contribution in [2.24, 2.45) is 17.2 Å². The van der Waals surface area contributed by atoms with Gasteiger partial charge in [0.2, 0.25) is 29.5 Å². The number of nitrogens with two attached hydrogens (primary N) is 3. The van der Waals surface area contributed by atoms with E-state index in [0.717, 1.165) is 6.92 Å². The first-order chi connectivity index (χ1) is 24.5. The largest absolute Gasteiger partial charge is 0.481 e. The molecule has 15 N–H and O–H groups in total. The van der Waals surface area contributed by atoms with Crippen molar-refractivity contribution < 1.29 is 58.8 Å². The van der Waals surface area contributed by atoms with Gasteiger partial charge >= 0.3 is 17.9 Å². The number of carbonyl (C=O) groups is 8. The summed E-state index contributed by atoms with van der Waals surface area (Å²) < 4.78 is 0. The topological polar surface area (TPSA) is 356 Å². The predicted octanol–water partition coefficient (Wildman–Crippen LogP) is -2.62. The van der Waals surface area contributed by atoms with Gasteiger partial charge in [-0.3, -0.25) is 33.6 Å². The van der Waals surface area contributed by atoms with Crippen LogP contribution in [0.3, 0.4) is 0 Å². The summed E-state index contributed by atoms with van der Waals surface area (Å²) in [6.07, 6.45) is -0.185. The van der Waals surface area contributed by atoms with E-state index in [1.165, 1.54) is 0 Å². The van der Waals surface area contributed by atoms with Crippen molar-refractivity contribution in [3.63, 3.8) is 0 Å². The summed E-state index contributed by atoms with van der Waals surface area (Å²) in [6.45, 7) is 3.63. The molecule has 0 aromatic rings. The van der Waals surface area contributed by atoms with Crippen LogP contribution in [0.25, 0.3) is 0 Å². The molecule has 0 aromatic heterocycles. The second kappa shape index (κ2) is 26.4. The van der Waals surface area contributed by atoms with E-state index in [9.17, 15) is 58.8 Å². The average Bonchev–Trinajstić information content (AvgIpc) is 3.07. The molecule has 0 aromatic carbocycles.